The Kier molecular flexibility index (Phi) is 5.95. The van der Waals surface area contributed by atoms with Gasteiger partial charge in [-0.15, -0.1) is 23.1 Å². The monoisotopic (exact) mass is 305 g/mol. The molecule has 1 heterocycles. The largest absolute Gasteiger partial charge is 0.370 e. The third-order valence-electron chi connectivity index (χ3n) is 2.85. The molecule has 0 aliphatic carbocycles. The summed E-state index contributed by atoms with van der Waals surface area (Å²) in [6, 6.07) is 12.6. The van der Waals surface area contributed by atoms with Gasteiger partial charge in [-0.05, 0) is 41.8 Å². The van der Waals surface area contributed by atoms with E-state index < -0.39 is 0 Å². The van der Waals surface area contributed by atoms with Crippen molar-refractivity contribution in [2.24, 2.45) is 10.7 Å². The Balaban J connectivity index is 1.75. The maximum atomic E-state index is 5.86. The van der Waals surface area contributed by atoms with Crippen molar-refractivity contribution in [2.45, 2.75) is 17.9 Å². The molecule has 1 aromatic carbocycles. The number of hydrogen-bond donors (Lipinski definition) is 2. The minimum absolute atomic E-state index is 0.510. The molecule has 3 nitrogen and oxygen atoms in total. The van der Waals surface area contributed by atoms with Crippen LogP contribution in [-0.4, -0.2) is 18.8 Å². The van der Waals surface area contributed by atoms with Crippen molar-refractivity contribution >= 4 is 29.1 Å². The Morgan fingerprint density at radius 2 is 2.10 bits per heavy atom. The summed E-state index contributed by atoms with van der Waals surface area (Å²) in [5, 5.41) is 5.23. The zero-order valence-electron chi connectivity index (χ0n) is 11.5. The van der Waals surface area contributed by atoms with E-state index in [0.29, 0.717) is 12.5 Å². The predicted octanol–water partition coefficient (Wildman–Crippen LogP) is 3.12. The first-order valence-electron chi connectivity index (χ1n) is 6.47. The smallest absolute Gasteiger partial charge is 0.188 e. The van der Waals surface area contributed by atoms with Crippen molar-refractivity contribution < 1.29 is 0 Å². The third-order valence-corrected chi connectivity index (χ3v) is 4.53. The van der Waals surface area contributed by atoms with Gasteiger partial charge in [0, 0.05) is 16.3 Å². The van der Waals surface area contributed by atoms with Crippen molar-refractivity contribution in [1.29, 1.82) is 0 Å². The zero-order valence-corrected chi connectivity index (χ0v) is 13.1. The molecular formula is C15H19N3S2. The summed E-state index contributed by atoms with van der Waals surface area (Å²) < 4.78 is 0. The first-order valence-corrected chi connectivity index (χ1v) is 8.57. The quantitative estimate of drug-likeness (QED) is 0.490. The molecule has 0 spiro atoms. The van der Waals surface area contributed by atoms with Crippen LogP contribution in [-0.2, 0) is 13.0 Å². The summed E-state index contributed by atoms with van der Waals surface area (Å²) in [6.45, 7) is 1.44. The van der Waals surface area contributed by atoms with Crippen molar-refractivity contribution in [3.05, 3.63) is 52.2 Å². The van der Waals surface area contributed by atoms with Gasteiger partial charge in [0.05, 0.1) is 6.54 Å². The Bertz CT molecular complexity index is 533. The minimum Gasteiger partial charge on any atom is -0.370 e. The fourth-order valence-corrected chi connectivity index (χ4v) is 2.85. The number of nitrogens with zero attached hydrogens (tertiary/aromatic N) is 1. The second kappa shape index (κ2) is 7.97. The Morgan fingerprint density at radius 3 is 2.75 bits per heavy atom. The Labute approximate surface area is 128 Å². The van der Waals surface area contributed by atoms with Crippen LogP contribution in [0, 0.1) is 0 Å². The van der Waals surface area contributed by atoms with Crippen LogP contribution in [0.4, 0.5) is 0 Å². The molecule has 0 saturated heterocycles. The van der Waals surface area contributed by atoms with E-state index in [1.54, 1.807) is 23.1 Å². The first kappa shape index (κ1) is 14.9. The average molecular weight is 305 g/mol. The molecule has 2 aromatic rings. The van der Waals surface area contributed by atoms with Gasteiger partial charge in [-0.1, -0.05) is 18.2 Å². The highest BCUT2D eigenvalue weighted by molar-refractivity contribution is 7.98. The van der Waals surface area contributed by atoms with Crippen LogP contribution in [0.3, 0.4) is 0 Å². The molecule has 0 unspecified atom stereocenters. The average Bonchev–Trinajstić information content (AvgIpc) is 2.99. The van der Waals surface area contributed by atoms with Gasteiger partial charge in [-0.2, -0.15) is 0 Å². The van der Waals surface area contributed by atoms with Crippen LogP contribution >= 0.6 is 23.1 Å². The first-order chi connectivity index (χ1) is 9.78. The van der Waals surface area contributed by atoms with Gasteiger partial charge in [0.15, 0.2) is 5.96 Å². The number of thiophene rings is 1. The van der Waals surface area contributed by atoms with E-state index in [1.807, 2.05) is 0 Å². The van der Waals surface area contributed by atoms with Crippen molar-refractivity contribution in [2.75, 3.05) is 12.8 Å². The van der Waals surface area contributed by atoms with Gasteiger partial charge in [0.1, 0.15) is 0 Å². The lowest BCUT2D eigenvalue weighted by Gasteiger charge is -2.05. The van der Waals surface area contributed by atoms with Crippen LogP contribution in [0.5, 0.6) is 0 Å². The van der Waals surface area contributed by atoms with Gasteiger partial charge >= 0.3 is 0 Å². The van der Waals surface area contributed by atoms with Crippen molar-refractivity contribution in [1.82, 2.24) is 5.32 Å². The summed E-state index contributed by atoms with van der Waals surface area (Å²) in [5.74, 6) is 0.510. The molecule has 0 radical (unpaired) electrons. The molecule has 20 heavy (non-hydrogen) atoms. The van der Waals surface area contributed by atoms with E-state index in [4.69, 9.17) is 5.73 Å². The lowest BCUT2D eigenvalue weighted by atomic mass is 10.2. The number of guanidine groups is 1. The molecular weight excluding hydrogens is 286 g/mol. The van der Waals surface area contributed by atoms with Gasteiger partial charge in [0.25, 0.3) is 0 Å². The number of rotatable bonds is 6. The highest BCUT2D eigenvalue weighted by Gasteiger charge is 1.96. The Morgan fingerprint density at radius 1 is 1.30 bits per heavy atom. The fourth-order valence-electron chi connectivity index (χ4n) is 1.73. The molecule has 3 N–H and O–H groups in total. The molecule has 0 aliphatic rings. The number of nitrogens with one attached hydrogen (secondary N) is 1. The summed E-state index contributed by atoms with van der Waals surface area (Å²) in [4.78, 5) is 6.97. The standard InChI is InChI=1S/C15H19N3S2/c1-19-13-6-4-12(5-7-13)11-18-15(16)17-9-8-14-3-2-10-20-14/h2-7,10H,8-9,11H2,1H3,(H3,16,17,18). The van der Waals surface area contributed by atoms with Gasteiger partial charge in [-0.3, -0.25) is 0 Å². The molecule has 0 fully saturated rings. The fraction of sp³-hybridized carbons (Fsp3) is 0.267. The van der Waals surface area contributed by atoms with E-state index in [1.165, 1.54) is 15.3 Å². The molecule has 106 valence electrons. The van der Waals surface area contributed by atoms with Crippen molar-refractivity contribution in [3.8, 4) is 0 Å². The van der Waals surface area contributed by atoms with E-state index in [9.17, 15) is 0 Å². The van der Waals surface area contributed by atoms with E-state index >= 15 is 0 Å². The number of thioether (sulfide) groups is 1. The maximum absolute atomic E-state index is 5.86. The van der Waals surface area contributed by atoms with Crippen LogP contribution in [0.2, 0.25) is 0 Å². The van der Waals surface area contributed by atoms with E-state index in [0.717, 1.165) is 13.0 Å². The third kappa shape index (κ3) is 4.90. The molecule has 0 bridgehead atoms. The molecule has 0 aliphatic heterocycles. The van der Waals surface area contributed by atoms with Gasteiger partial charge < -0.3 is 11.1 Å². The molecule has 1 aromatic heterocycles. The number of hydrogen-bond acceptors (Lipinski definition) is 3. The Hall–Kier alpha value is -1.46. The number of benzene rings is 1. The normalized spacial score (nSPS) is 11.6. The van der Waals surface area contributed by atoms with E-state index in [2.05, 4.69) is 58.3 Å². The van der Waals surface area contributed by atoms with Crippen LogP contribution < -0.4 is 11.1 Å². The maximum Gasteiger partial charge on any atom is 0.188 e. The van der Waals surface area contributed by atoms with E-state index in [-0.39, 0.29) is 0 Å². The zero-order chi connectivity index (χ0) is 14.2. The SMILES string of the molecule is CSc1ccc(CN=C(N)NCCc2cccs2)cc1. The summed E-state index contributed by atoms with van der Waals surface area (Å²) in [6.07, 6.45) is 3.05. The molecule has 0 amide bonds. The predicted molar refractivity (Wildman–Crippen MR) is 89.6 cm³/mol. The van der Waals surface area contributed by atoms with Crippen molar-refractivity contribution in [3.63, 3.8) is 0 Å². The molecule has 0 saturated carbocycles. The lowest BCUT2D eigenvalue weighted by molar-refractivity contribution is 0.857. The molecule has 5 heteroatoms. The summed E-state index contributed by atoms with van der Waals surface area (Å²) in [5.41, 5.74) is 7.03. The second-order valence-corrected chi connectivity index (χ2v) is 6.22. The lowest BCUT2D eigenvalue weighted by Crippen LogP contribution is -2.33. The minimum atomic E-state index is 0.510. The van der Waals surface area contributed by atoms with Crippen LogP contribution in [0.25, 0.3) is 0 Å². The number of nitrogens with two attached hydrogens (primary N) is 1. The number of aliphatic imine (C=N–C) groups is 1. The summed E-state index contributed by atoms with van der Waals surface area (Å²) in [7, 11) is 0. The highest BCUT2D eigenvalue weighted by Crippen LogP contribution is 2.15. The van der Waals surface area contributed by atoms with Crippen LogP contribution in [0.1, 0.15) is 10.4 Å². The summed E-state index contributed by atoms with van der Waals surface area (Å²) >= 11 is 3.51. The topological polar surface area (TPSA) is 50.4 Å². The van der Waals surface area contributed by atoms with Gasteiger partial charge in [-0.25, -0.2) is 4.99 Å². The second-order valence-electron chi connectivity index (χ2n) is 4.31. The highest BCUT2D eigenvalue weighted by atomic mass is 32.2. The molecule has 2 rings (SSSR count). The van der Waals surface area contributed by atoms with Crippen LogP contribution in [0.15, 0.2) is 51.7 Å². The van der Waals surface area contributed by atoms with Gasteiger partial charge in [0.2, 0.25) is 0 Å². The molecule has 0 atom stereocenters.